The number of nitrogens with zero attached hydrogens (tertiary/aromatic N) is 2. The van der Waals surface area contributed by atoms with Gasteiger partial charge >= 0.3 is 0 Å². The van der Waals surface area contributed by atoms with Crippen LogP contribution in [-0.4, -0.2) is 53.4 Å². The van der Waals surface area contributed by atoms with Crippen LogP contribution >= 0.6 is 11.3 Å². The van der Waals surface area contributed by atoms with Crippen molar-refractivity contribution in [2.24, 2.45) is 0 Å². The first-order chi connectivity index (χ1) is 8.76. The summed E-state index contributed by atoms with van der Waals surface area (Å²) >= 11 is 1.41. The molecular formula is C11H17N3O3S. The molecule has 2 rings (SSSR count). The second-order valence-electron chi connectivity index (χ2n) is 4.17. The van der Waals surface area contributed by atoms with E-state index in [1.165, 1.54) is 11.3 Å². The minimum Gasteiger partial charge on any atom is -0.395 e. The molecule has 3 N–H and O–H groups in total. The number of amides is 1. The summed E-state index contributed by atoms with van der Waals surface area (Å²) in [5.74, 6) is -0.272. The predicted molar refractivity (Wildman–Crippen MR) is 69.0 cm³/mol. The number of carbonyl (C=O) groups is 1. The van der Waals surface area contributed by atoms with Crippen LogP contribution in [-0.2, 0) is 0 Å². The average Bonchev–Trinajstić information content (AvgIpc) is 3.02. The van der Waals surface area contributed by atoms with E-state index in [0.29, 0.717) is 5.69 Å². The van der Waals surface area contributed by atoms with E-state index in [-0.39, 0.29) is 31.7 Å². The summed E-state index contributed by atoms with van der Waals surface area (Å²) in [7, 11) is 0. The Morgan fingerprint density at radius 1 is 1.61 bits per heavy atom. The number of anilines is 1. The van der Waals surface area contributed by atoms with Crippen LogP contribution in [0.3, 0.4) is 0 Å². The van der Waals surface area contributed by atoms with Crippen molar-refractivity contribution >= 4 is 22.4 Å². The molecule has 6 nitrogen and oxygen atoms in total. The lowest BCUT2D eigenvalue weighted by atomic mass is 10.2. The van der Waals surface area contributed by atoms with Gasteiger partial charge in [0.2, 0.25) is 0 Å². The number of aromatic nitrogens is 1. The molecule has 1 aliphatic heterocycles. The first-order valence-corrected chi connectivity index (χ1v) is 6.86. The average molecular weight is 271 g/mol. The number of hydrogen-bond acceptors (Lipinski definition) is 6. The molecule has 0 saturated carbocycles. The molecule has 1 unspecified atom stereocenters. The van der Waals surface area contributed by atoms with Crippen LogP contribution in [0.2, 0.25) is 0 Å². The van der Waals surface area contributed by atoms with Gasteiger partial charge in [0.05, 0.1) is 19.3 Å². The third kappa shape index (κ3) is 2.80. The first-order valence-electron chi connectivity index (χ1n) is 5.98. The highest BCUT2D eigenvalue weighted by atomic mass is 32.1. The molecule has 1 saturated heterocycles. The molecule has 0 aliphatic carbocycles. The fourth-order valence-electron chi connectivity index (χ4n) is 2.04. The van der Waals surface area contributed by atoms with Crippen LogP contribution in [0.1, 0.15) is 23.3 Å². The van der Waals surface area contributed by atoms with Crippen LogP contribution in [0.5, 0.6) is 0 Å². The second-order valence-corrected chi connectivity index (χ2v) is 5.00. The maximum absolute atomic E-state index is 11.6. The van der Waals surface area contributed by atoms with Gasteiger partial charge in [-0.25, -0.2) is 4.98 Å². The minimum absolute atomic E-state index is 0.0819. The van der Waals surface area contributed by atoms with Crippen LogP contribution < -0.4 is 10.2 Å². The summed E-state index contributed by atoms with van der Waals surface area (Å²) < 4.78 is 0. The van der Waals surface area contributed by atoms with E-state index < -0.39 is 0 Å². The van der Waals surface area contributed by atoms with E-state index in [2.05, 4.69) is 10.3 Å². The fourth-order valence-corrected chi connectivity index (χ4v) is 2.94. The predicted octanol–water partition coefficient (Wildman–Crippen LogP) is -0.174. The van der Waals surface area contributed by atoms with Gasteiger partial charge < -0.3 is 20.4 Å². The van der Waals surface area contributed by atoms with Gasteiger partial charge in [0.25, 0.3) is 5.91 Å². The maximum Gasteiger partial charge on any atom is 0.270 e. The molecule has 2 heterocycles. The highest BCUT2D eigenvalue weighted by Crippen LogP contribution is 2.28. The summed E-state index contributed by atoms with van der Waals surface area (Å²) in [4.78, 5) is 18.0. The standard InChI is InChI=1S/C11H17N3O3S/c15-5-3-12-10(17)9-7-18-11(13-9)14-4-1-2-8(14)6-16/h7-8,15-16H,1-6H2,(H,12,17). The Balaban J connectivity index is 2.03. The third-order valence-electron chi connectivity index (χ3n) is 2.96. The molecule has 0 bridgehead atoms. The summed E-state index contributed by atoms with van der Waals surface area (Å²) in [5.41, 5.74) is 0.368. The van der Waals surface area contributed by atoms with E-state index in [1.54, 1.807) is 5.38 Å². The number of hydrogen-bond donors (Lipinski definition) is 3. The summed E-state index contributed by atoms with van der Waals surface area (Å²) in [6, 6.07) is 0.115. The largest absolute Gasteiger partial charge is 0.395 e. The lowest BCUT2D eigenvalue weighted by Gasteiger charge is -2.21. The minimum atomic E-state index is -0.272. The zero-order valence-corrected chi connectivity index (χ0v) is 10.8. The Labute approximate surface area is 109 Å². The van der Waals surface area contributed by atoms with Gasteiger partial charge in [-0.1, -0.05) is 0 Å². The Morgan fingerprint density at radius 3 is 3.17 bits per heavy atom. The van der Waals surface area contributed by atoms with Crippen LogP contribution in [0.4, 0.5) is 5.13 Å². The lowest BCUT2D eigenvalue weighted by Crippen LogP contribution is -2.32. The highest BCUT2D eigenvalue weighted by molar-refractivity contribution is 7.14. The normalized spacial score (nSPS) is 19.2. The number of rotatable bonds is 5. The summed E-state index contributed by atoms with van der Waals surface area (Å²) in [6.07, 6.45) is 2.00. The Kier molecular flexibility index (Phi) is 4.51. The van der Waals surface area contributed by atoms with Crippen LogP contribution in [0.25, 0.3) is 0 Å². The van der Waals surface area contributed by atoms with E-state index in [4.69, 9.17) is 5.11 Å². The third-order valence-corrected chi connectivity index (χ3v) is 3.83. The molecule has 1 fully saturated rings. The van der Waals surface area contributed by atoms with Gasteiger partial charge in [0, 0.05) is 18.5 Å². The monoisotopic (exact) mass is 271 g/mol. The van der Waals surface area contributed by atoms with E-state index in [9.17, 15) is 9.90 Å². The SMILES string of the molecule is O=C(NCCO)c1csc(N2CCCC2CO)n1. The van der Waals surface area contributed by atoms with Gasteiger partial charge in [-0.2, -0.15) is 0 Å². The van der Waals surface area contributed by atoms with Crippen LogP contribution in [0, 0.1) is 0 Å². The first kappa shape index (κ1) is 13.3. The molecule has 1 aliphatic rings. The van der Waals surface area contributed by atoms with Gasteiger partial charge in [-0.05, 0) is 12.8 Å². The Bertz CT molecular complexity index is 410. The Morgan fingerprint density at radius 2 is 2.44 bits per heavy atom. The molecule has 7 heteroatoms. The summed E-state index contributed by atoms with van der Waals surface area (Å²) in [5, 5.41) is 22.9. The van der Waals surface area contributed by atoms with E-state index in [1.807, 2.05) is 4.90 Å². The Hall–Kier alpha value is -1.18. The van der Waals surface area contributed by atoms with Gasteiger partial charge in [0.15, 0.2) is 5.13 Å². The number of nitrogens with one attached hydrogen (secondary N) is 1. The number of thiazole rings is 1. The zero-order chi connectivity index (χ0) is 13.0. The zero-order valence-electron chi connectivity index (χ0n) is 10.0. The van der Waals surface area contributed by atoms with Crippen LogP contribution in [0.15, 0.2) is 5.38 Å². The fraction of sp³-hybridized carbons (Fsp3) is 0.636. The molecule has 0 spiro atoms. The molecule has 0 radical (unpaired) electrons. The quantitative estimate of drug-likeness (QED) is 0.692. The van der Waals surface area contributed by atoms with Gasteiger partial charge in [-0.15, -0.1) is 11.3 Å². The van der Waals surface area contributed by atoms with E-state index in [0.717, 1.165) is 24.5 Å². The van der Waals surface area contributed by atoms with E-state index >= 15 is 0 Å². The molecule has 1 aromatic heterocycles. The number of carbonyl (C=O) groups excluding carboxylic acids is 1. The van der Waals surface area contributed by atoms with Gasteiger partial charge in [-0.3, -0.25) is 4.79 Å². The van der Waals surface area contributed by atoms with Crippen molar-refractivity contribution in [3.05, 3.63) is 11.1 Å². The molecular weight excluding hydrogens is 254 g/mol. The molecule has 1 amide bonds. The molecule has 18 heavy (non-hydrogen) atoms. The molecule has 1 atom stereocenters. The smallest absolute Gasteiger partial charge is 0.270 e. The van der Waals surface area contributed by atoms with Crippen molar-refractivity contribution in [3.8, 4) is 0 Å². The lowest BCUT2D eigenvalue weighted by molar-refractivity contribution is 0.0940. The molecule has 100 valence electrons. The molecule has 0 aromatic carbocycles. The van der Waals surface area contributed by atoms with Crippen molar-refractivity contribution in [1.82, 2.24) is 10.3 Å². The highest BCUT2D eigenvalue weighted by Gasteiger charge is 2.26. The summed E-state index contributed by atoms with van der Waals surface area (Å²) in [6.45, 7) is 1.14. The maximum atomic E-state index is 11.6. The number of aliphatic hydroxyl groups excluding tert-OH is 2. The van der Waals surface area contributed by atoms with Gasteiger partial charge in [0.1, 0.15) is 5.69 Å². The van der Waals surface area contributed by atoms with Crippen molar-refractivity contribution < 1.29 is 15.0 Å². The number of aliphatic hydroxyl groups is 2. The van der Waals surface area contributed by atoms with Crippen molar-refractivity contribution in [2.75, 3.05) is 31.2 Å². The second kappa shape index (κ2) is 6.12. The van der Waals surface area contributed by atoms with Crippen molar-refractivity contribution in [1.29, 1.82) is 0 Å². The van der Waals surface area contributed by atoms with Crippen molar-refractivity contribution in [2.45, 2.75) is 18.9 Å². The topological polar surface area (TPSA) is 85.7 Å². The van der Waals surface area contributed by atoms with Crippen molar-refractivity contribution in [3.63, 3.8) is 0 Å². The molecule has 1 aromatic rings.